The van der Waals surface area contributed by atoms with Gasteiger partial charge in [-0.25, -0.2) is 0 Å². The molecule has 19 heteroatoms. The summed E-state index contributed by atoms with van der Waals surface area (Å²) in [5.41, 5.74) is 0. The number of para-hydroxylation sites is 1. The Morgan fingerprint density at radius 2 is 0.800 bits per heavy atom. The zero-order valence-electron chi connectivity index (χ0n) is 11.3. The number of rotatable bonds is 4. The number of phenols is 1. The number of hydrogen-bond donors (Lipinski definition) is 5. The predicted octanol–water partition coefficient (Wildman–Crippen LogP) is -1.93. The fourth-order valence-corrected chi connectivity index (χ4v) is 4.12. The topological polar surface area (TPSA) is 256 Å². The third kappa shape index (κ3) is 28.4. The molecule has 0 aliphatic rings. The first-order valence-electron chi connectivity index (χ1n) is 4.86. The Labute approximate surface area is 148 Å². The second-order valence-corrected chi connectivity index (χ2v) is 10.7. The molecule has 0 heterocycles. The summed E-state index contributed by atoms with van der Waals surface area (Å²) in [5, 5.41) is 8.63. The minimum atomic E-state index is -5.76. The van der Waals surface area contributed by atoms with Crippen molar-refractivity contribution in [2.24, 2.45) is 0 Å². The van der Waals surface area contributed by atoms with Crippen LogP contribution in [0.15, 0.2) is 30.3 Å². The molecule has 0 aromatic heterocycles. The molecule has 0 saturated heterocycles. The average Bonchev–Trinajstić information content (AvgIpc) is 2.20. The number of aromatic hydroxyl groups is 1. The van der Waals surface area contributed by atoms with Crippen LogP contribution in [0, 0.1) is 0 Å². The molecule has 1 aromatic carbocycles. The van der Waals surface area contributed by atoms with Gasteiger partial charge in [-0.2, -0.15) is 0 Å². The summed E-state index contributed by atoms with van der Waals surface area (Å²) in [6.45, 7) is 0. The van der Waals surface area contributed by atoms with E-state index in [1.165, 1.54) is 0 Å². The summed E-state index contributed by atoms with van der Waals surface area (Å²) in [5.74, 6) is 0.322. The fourth-order valence-electron chi connectivity index (χ4n) is 0.645. The van der Waals surface area contributed by atoms with Crippen LogP contribution in [-0.4, -0.2) is 21.7 Å². The van der Waals surface area contributed by atoms with Crippen molar-refractivity contribution in [2.75, 3.05) is 0 Å². The Morgan fingerprint density at radius 1 is 0.560 bits per heavy atom. The molecular weight excluding hydrogens is 520 g/mol. The van der Waals surface area contributed by atoms with Crippen LogP contribution < -0.4 is 0 Å². The molecule has 148 valence electrons. The van der Waals surface area contributed by atoms with E-state index in [0.717, 1.165) is 0 Å². The Kier molecular flexibility index (Phi) is 11.1. The normalized spacial score (nSPS) is 12.2. The van der Waals surface area contributed by atoms with Gasteiger partial charge in [0.15, 0.2) is 0 Å². The Balaban J connectivity index is 0. The van der Waals surface area contributed by atoms with Crippen molar-refractivity contribution < 1.29 is 112 Å². The van der Waals surface area contributed by atoms with Crippen molar-refractivity contribution in [1.29, 1.82) is 0 Å². The van der Waals surface area contributed by atoms with E-state index in [2.05, 4.69) is 5.68 Å². The van der Waals surface area contributed by atoms with E-state index in [-0.39, 0.29) is 0 Å². The Bertz CT molecular complexity index is 803. The van der Waals surface area contributed by atoms with E-state index in [1.54, 1.807) is 24.3 Å². The van der Waals surface area contributed by atoms with Crippen LogP contribution in [0.2, 0.25) is 0 Å². The fraction of sp³-hybridized carbons (Fsp3) is 0. The maximum atomic E-state index is 9.53. The van der Waals surface area contributed by atoms with Gasteiger partial charge in [0.2, 0.25) is 0 Å². The molecule has 0 aliphatic carbocycles. The molecule has 0 spiro atoms. The second kappa shape index (κ2) is 10.5. The zero-order chi connectivity index (χ0) is 20.5. The molecule has 1 aromatic rings. The van der Waals surface area contributed by atoms with E-state index in [4.69, 9.17) is 21.7 Å². The van der Waals surface area contributed by atoms with Crippen molar-refractivity contribution in [1.82, 2.24) is 0 Å². The second-order valence-electron chi connectivity index (χ2n) is 3.18. The molecule has 15 nitrogen and oxygen atoms in total. The quantitative estimate of drug-likeness (QED) is 0.284. The summed E-state index contributed by atoms with van der Waals surface area (Å²) in [6, 6.07) is 8.71. The van der Waals surface area contributed by atoms with Gasteiger partial charge in [0.05, 0.1) is 0 Å². The van der Waals surface area contributed by atoms with Crippen molar-refractivity contribution in [3.63, 3.8) is 0 Å². The third-order valence-electron chi connectivity index (χ3n) is 1.10. The minimum absolute atomic E-state index is 0.322. The summed E-state index contributed by atoms with van der Waals surface area (Å²) in [7, 11) is 0. The zero-order valence-corrected chi connectivity index (χ0v) is 16.4. The van der Waals surface area contributed by atoms with Gasteiger partial charge in [-0.15, -0.1) is 0 Å². The first-order valence-corrected chi connectivity index (χ1v) is 13.4. The first kappa shape index (κ1) is 26.5. The van der Waals surface area contributed by atoms with E-state index in [1.807, 2.05) is 6.07 Å². The molecule has 0 fully saturated rings. The van der Waals surface area contributed by atoms with Gasteiger partial charge in [-0.1, -0.05) is 18.2 Å². The van der Waals surface area contributed by atoms with Crippen LogP contribution in [0.4, 0.5) is 0 Å². The molecule has 0 aliphatic heterocycles. The molecule has 0 amide bonds. The number of phenolic OH excluding ortho intramolecular Hbond substituents is 1. The van der Waals surface area contributed by atoms with Gasteiger partial charge < -0.3 is 5.11 Å². The van der Waals surface area contributed by atoms with Crippen LogP contribution in [0.3, 0.4) is 0 Å². The summed E-state index contributed by atoms with van der Waals surface area (Å²) >= 11 is -23.0. The molecule has 0 unspecified atom stereocenters. The van der Waals surface area contributed by atoms with Gasteiger partial charge in [-0.3, -0.25) is 0 Å². The Morgan fingerprint density at radius 3 is 0.880 bits per heavy atom. The summed E-state index contributed by atoms with van der Waals surface area (Å²) in [4.78, 5) is 0. The SMILES string of the molecule is Oc1ccccc1.[O]=[Cr](=[O])([OH])[O][Cr](=[O])(=[O])[OH].[O]=[Cr](=[O])([OH])[O][Cr](=[O])(=[O])[OH]. The van der Waals surface area contributed by atoms with Crippen molar-refractivity contribution >= 4 is 0 Å². The summed E-state index contributed by atoms with van der Waals surface area (Å²) in [6.07, 6.45) is 0. The van der Waals surface area contributed by atoms with Gasteiger partial charge in [0.25, 0.3) is 0 Å². The Hall–Kier alpha value is -0.690. The van der Waals surface area contributed by atoms with Crippen LogP contribution in [-0.2, 0) is 90.6 Å². The molecule has 1 rings (SSSR count). The molecule has 0 radical (unpaired) electrons. The summed E-state index contributed by atoms with van der Waals surface area (Å²) < 4.78 is 113. The third-order valence-corrected chi connectivity index (χ3v) is 6.60. The van der Waals surface area contributed by atoms with Gasteiger partial charge >= 0.3 is 107 Å². The van der Waals surface area contributed by atoms with Crippen LogP contribution in [0.5, 0.6) is 5.75 Å². The van der Waals surface area contributed by atoms with Crippen LogP contribution >= 0.6 is 0 Å². The van der Waals surface area contributed by atoms with Crippen molar-refractivity contribution in [3.8, 4) is 5.75 Å². The van der Waals surface area contributed by atoms with E-state index >= 15 is 0 Å². The molecule has 0 saturated carbocycles. The van der Waals surface area contributed by atoms with Crippen molar-refractivity contribution in [2.45, 2.75) is 0 Å². The number of benzene rings is 1. The molecular formula is C6H10Cr4O15. The van der Waals surface area contributed by atoms with E-state index < -0.39 is 54.5 Å². The maximum absolute atomic E-state index is 9.53. The molecule has 5 N–H and O–H groups in total. The van der Waals surface area contributed by atoms with E-state index in [9.17, 15) is 30.4 Å². The first-order chi connectivity index (χ1) is 10.8. The van der Waals surface area contributed by atoms with E-state index in [0.29, 0.717) is 5.75 Å². The molecule has 0 bridgehead atoms. The predicted molar refractivity (Wildman–Crippen MR) is 44.6 cm³/mol. The van der Waals surface area contributed by atoms with Gasteiger partial charge in [-0.05, 0) is 12.1 Å². The van der Waals surface area contributed by atoms with Crippen LogP contribution in [0.1, 0.15) is 0 Å². The van der Waals surface area contributed by atoms with Crippen LogP contribution in [0.25, 0.3) is 0 Å². The van der Waals surface area contributed by atoms with Crippen molar-refractivity contribution in [3.05, 3.63) is 30.3 Å². The molecule has 25 heavy (non-hydrogen) atoms. The number of hydrogen-bond acceptors (Lipinski definition) is 11. The molecule has 0 atom stereocenters. The average molecular weight is 530 g/mol. The monoisotopic (exact) mass is 530 g/mol. The van der Waals surface area contributed by atoms with Gasteiger partial charge in [0.1, 0.15) is 5.75 Å². The standard InChI is InChI=1S/C6H6O.4Cr.4H2O.10O/c7-6-4-2-1-3-5-6;;;;;;;;;;;;;;;;;;/h1-5,7H;;;;;4*1H2;;;;;;;;;;/q;4*+1;;;;;;;;;;;;;;/p-4. The van der Waals surface area contributed by atoms with Gasteiger partial charge in [0, 0.05) is 0 Å².